The Kier molecular flexibility index (Phi) is 11.9. The number of benzene rings is 6. The largest absolute Gasteiger partial charge is 0.351 e. The zero-order valence-corrected chi connectivity index (χ0v) is 43.3. The molecule has 0 atom stereocenters. The van der Waals surface area contributed by atoms with E-state index in [9.17, 15) is 0 Å². The van der Waals surface area contributed by atoms with E-state index in [2.05, 4.69) is 184 Å². The second-order valence-corrected chi connectivity index (χ2v) is 24.9. The fourth-order valence-corrected chi connectivity index (χ4v) is 10.1. The van der Waals surface area contributed by atoms with E-state index < -0.39 is 26.7 Å². The van der Waals surface area contributed by atoms with Crippen LogP contribution in [0, 0.1) is 38.2 Å². The summed E-state index contributed by atoms with van der Waals surface area (Å²) in [4.78, 5) is 9.83. The number of hydrogen-bond acceptors (Lipinski definition) is 2. The molecule has 0 N–H and O–H groups in total. The minimum atomic E-state index is -2.17. The van der Waals surface area contributed by atoms with Crippen LogP contribution >= 0.6 is 0 Å². The van der Waals surface area contributed by atoms with E-state index in [0.717, 1.165) is 38.8 Å². The molecule has 0 bridgehead atoms. The van der Waals surface area contributed by atoms with Crippen molar-refractivity contribution in [1.29, 1.82) is 0 Å². The molecule has 9 rings (SSSR count). The van der Waals surface area contributed by atoms with Gasteiger partial charge in [-0.15, -0.1) is 59.2 Å². The van der Waals surface area contributed by atoms with Crippen LogP contribution in [0.25, 0.3) is 66.9 Å². The maximum atomic E-state index is 8.79. The Labute approximate surface area is 409 Å². The third-order valence-electron chi connectivity index (χ3n) is 12.0. The molecular weight excluding hydrogens is 985 g/mol. The smallest absolute Gasteiger partial charge is 0.0798 e. The van der Waals surface area contributed by atoms with Crippen LogP contribution in [0.3, 0.4) is 0 Å². The number of nitrogens with zero attached hydrogens (tertiary/aromatic N) is 4. The normalized spacial score (nSPS) is 13.5. The van der Waals surface area contributed by atoms with Gasteiger partial charge < -0.3 is 14.1 Å². The summed E-state index contributed by atoms with van der Waals surface area (Å²) in [5.74, 6) is 1.67. The first-order valence-electron chi connectivity index (χ1n) is 25.1. The van der Waals surface area contributed by atoms with Gasteiger partial charge in [-0.3, -0.25) is 4.98 Å². The maximum Gasteiger partial charge on any atom is 0.0798 e. The fraction of sp³-hybridized carbons (Fsp3) is 0.288. The number of aryl methyl sites for hydroxylation is 3. The molecule has 0 fully saturated rings. The van der Waals surface area contributed by atoms with Gasteiger partial charge in [-0.25, -0.2) is 0 Å². The second-order valence-electron chi connectivity index (χ2n) is 19.9. The second kappa shape index (κ2) is 18.8. The molecule has 0 aliphatic carbocycles. The van der Waals surface area contributed by atoms with Gasteiger partial charge in [-0.2, -0.15) is 0 Å². The van der Waals surface area contributed by atoms with E-state index in [4.69, 9.17) is 11.8 Å². The zero-order valence-electron chi connectivity index (χ0n) is 44.9. The average molecular weight is 1050 g/mol. The van der Waals surface area contributed by atoms with Crippen LogP contribution in [0.2, 0.25) is 19.6 Å². The number of pyridine rings is 1. The molecule has 0 aliphatic heterocycles. The monoisotopic (exact) mass is 1050 g/mol. The van der Waals surface area contributed by atoms with Crippen molar-refractivity contribution in [2.75, 3.05) is 0 Å². The van der Waals surface area contributed by atoms with Gasteiger partial charge in [-0.1, -0.05) is 147 Å². The average Bonchev–Trinajstić information content (AvgIpc) is 3.83. The Morgan fingerprint density at radius 2 is 1.34 bits per heavy atom. The minimum Gasteiger partial charge on any atom is -0.351 e. The van der Waals surface area contributed by atoms with Crippen molar-refractivity contribution < 1.29 is 27.0 Å². The maximum absolute atomic E-state index is 8.79. The Hall–Kier alpha value is -5.39. The first-order valence-corrected chi connectivity index (χ1v) is 26.1. The summed E-state index contributed by atoms with van der Waals surface area (Å²) in [6, 6.07) is 48.2. The van der Waals surface area contributed by atoms with Crippen LogP contribution in [-0.2, 0) is 26.5 Å². The van der Waals surface area contributed by atoms with Crippen LogP contribution in [-0.4, -0.2) is 27.2 Å². The number of aromatic nitrogens is 4. The summed E-state index contributed by atoms with van der Waals surface area (Å²) in [6.07, 6.45) is 0.269. The summed E-state index contributed by atoms with van der Waals surface area (Å²) < 4.78 is 44.8. The molecule has 0 amide bonds. The van der Waals surface area contributed by atoms with E-state index >= 15 is 0 Å². The number of fused-ring (bicyclic) bond motifs is 4. The van der Waals surface area contributed by atoms with Crippen molar-refractivity contribution in [3.63, 3.8) is 0 Å². The van der Waals surface area contributed by atoms with Crippen molar-refractivity contribution in [1.82, 2.24) is 19.1 Å². The molecule has 3 heterocycles. The summed E-state index contributed by atoms with van der Waals surface area (Å²) in [5, 5.41) is 3.47. The number of imidazole rings is 1. The fourth-order valence-electron chi connectivity index (χ4n) is 8.70. The summed E-state index contributed by atoms with van der Waals surface area (Å²) in [6.45, 7) is 23.6. The summed E-state index contributed by atoms with van der Waals surface area (Å²) >= 11 is 0. The van der Waals surface area contributed by atoms with Gasteiger partial charge in [0.05, 0.1) is 24.9 Å². The molecular formula is C59H64IrN4Si-2. The van der Waals surface area contributed by atoms with Gasteiger partial charge in [0, 0.05) is 50.0 Å². The van der Waals surface area contributed by atoms with Gasteiger partial charge in [0.1, 0.15) is 0 Å². The van der Waals surface area contributed by atoms with E-state index in [1.165, 1.54) is 50.3 Å². The summed E-state index contributed by atoms with van der Waals surface area (Å²) in [5.41, 5.74) is 14.7. The minimum absolute atomic E-state index is 0. The van der Waals surface area contributed by atoms with Gasteiger partial charge in [0.15, 0.2) is 0 Å². The molecule has 4 nitrogen and oxygen atoms in total. The first kappa shape index (κ1) is 41.1. The molecule has 3 aromatic heterocycles. The van der Waals surface area contributed by atoms with Gasteiger partial charge >= 0.3 is 0 Å². The van der Waals surface area contributed by atoms with Crippen molar-refractivity contribution in [2.24, 2.45) is 5.41 Å². The molecule has 335 valence electrons. The van der Waals surface area contributed by atoms with Crippen LogP contribution in [0.4, 0.5) is 0 Å². The molecule has 0 unspecified atom stereocenters. The number of rotatable bonds is 8. The van der Waals surface area contributed by atoms with Crippen LogP contribution in [0.15, 0.2) is 128 Å². The van der Waals surface area contributed by atoms with E-state index in [-0.39, 0.29) is 25.7 Å². The number of para-hydroxylation sites is 4. The molecule has 6 aromatic carbocycles. The third-order valence-corrected chi connectivity index (χ3v) is 14.0. The van der Waals surface area contributed by atoms with E-state index in [1.54, 1.807) is 18.3 Å². The summed E-state index contributed by atoms with van der Waals surface area (Å²) in [7, 11) is -1.81. The standard InChI is InChI=1S/C39H36N3.C20H28NSi.Ir/c1-24(2)30-15-12-16-31(25(3)4)38(30)42-36-18-11-10-17-34(36)40-39(42)28-19-20-35-33(23-28)32-21-26(5)27(6)22-37(32)41(35)29-13-8-7-9-14-29;1-15-8-10-16(11-9-15)18-12-17(13-20(2,3)4)19(14-21-18)22(5,6)7;/h7-18,20-25H,1-6H3;8-10,12,14H,13H2,1-7H3;/q2*-1;/i;1D3,13D2;. The molecule has 9 aromatic rings. The van der Waals surface area contributed by atoms with Gasteiger partial charge in [-0.05, 0) is 112 Å². The molecule has 0 spiro atoms. The molecule has 0 saturated carbocycles. The first-order chi connectivity index (χ1) is 32.4. The molecule has 0 aliphatic rings. The van der Waals surface area contributed by atoms with Crippen LogP contribution < -0.4 is 5.19 Å². The Balaban J connectivity index is 0.000000225. The molecule has 0 saturated heterocycles. The van der Waals surface area contributed by atoms with Crippen molar-refractivity contribution in [3.05, 3.63) is 173 Å². The Bertz CT molecular complexity index is 3310. The van der Waals surface area contributed by atoms with Crippen molar-refractivity contribution >= 4 is 46.1 Å². The van der Waals surface area contributed by atoms with Gasteiger partial charge in [0.2, 0.25) is 0 Å². The Morgan fingerprint density at radius 1 is 0.692 bits per heavy atom. The predicted molar refractivity (Wildman–Crippen MR) is 277 cm³/mol. The topological polar surface area (TPSA) is 35.6 Å². The van der Waals surface area contributed by atoms with Gasteiger partial charge in [0.25, 0.3) is 0 Å². The number of hydrogen-bond donors (Lipinski definition) is 0. The molecule has 65 heavy (non-hydrogen) atoms. The van der Waals surface area contributed by atoms with E-state index in [0.29, 0.717) is 28.7 Å². The Morgan fingerprint density at radius 3 is 1.97 bits per heavy atom. The molecule has 1 radical (unpaired) electrons. The van der Waals surface area contributed by atoms with Crippen LogP contribution in [0.1, 0.15) is 101 Å². The SMILES string of the molecule is Cc1cc2c3cc(-c4nc5ccccc5n4-c4c(C(C)C)cccc4C(C)C)[c-]cc3n(-c3ccccc3)c2cc1C.[2H]C([2H])([2H])c1c[c-]c(-c2cc(C([2H])([2H])C(C)(C)C)c([Si](C)(C)C)cn2)cc1.[Ir]. The molecule has 6 heteroatoms. The van der Waals surface area contributed by atoms with E-state index in [1.807, 2.05) is 26.8 Å². The van der Waals surface area contributed by atoms with Crippen molar-refractivity contribution in [3.8, 4) is 34.0 Å². The third kappa shape index (κ3) is 9.77. The predicted octanol–water partition coefficient (Wildman–Crippen LogP) is 15.4. The van der Waals surface area contributed by atoms with Crippen molar-refractivity contribution in [2.45, 2.75) is 107 Å². The quantitative estimate of drug-likeness (QED) is 0.112. The zero-order chi connectivity index (χ0) is 50.0. The van der Waals surface area contributed by atoms with Crippen LogP contribution in [0.5, 0.6) is 0 Å².